The van der Waals surface area contributed by atoms with Crippen LogP contribution in [0.5, 0.6) is 23.0 Å². The number of hydrogen-bond acceptors (Lipinski definition) is 7. The number of halogens is 1. The quantitative estimate of drug-likeness (QED) is 0.261. The van der Waals surface area contributed by atoms with Gasteiger partial charge in [-0.1, -0.05) is 51.3 Å². The number of para-hydroxylation sites is 2. The summed E-state index contributed by atoms with van der Waals surface area (Å²) in [4.78, 5) is 23.8. The maximum absolute atomic E-state index is 12.5. The molecule has 2 aromatic rings. The second-order valence-electron chi connectivity index (χ2n) is 8.68. The van der Waals surface area contributed by atoms with Gasteiger partial charge in [-0.2, -0.15) is 0 Å². The molecule has 1 saturated carbocycles. The van der Waals surface area contributed by atoms with E-state index in [0.717, 1.165) is 43.6 Å². The van der Waals surface area contributed by atoms with Crippen LogP contribution in [0, 0.1) is 5.92 Å². The van der Waals surface area contributed by atoms with Crippen LogP contribution >= 0.6 is 12.4 Å². The SMILES string of the molecule is CC(=O)Oc1ccc(C(O)CNC(C)C)cc1OC(=O)C1CCCCC1.Cl.c1ccc2c(c1)O2. The number of hydrogen-bond donors (Lipinski definition) is 2. The molecule has 4 rings (SSSR count). The second-order valence-corrected chi connectivity index (χ2v) is 8.68. The molecule has 1 atom stereocenters. The maximum Gasteiger partial charge on any atom is 0.314 e. The van der Waals surface area contributed by atoms with E-state index in [1.807, 2.05) is 38.1 Å². The monoisotopic (exact) mass is 491 g/mol. The van der Waals surface area contributed by atoms with Gasteiger partial charge in [0, 0.05) is 19.5 Å². The lowest BCUT2D eigenvalue weighted by Crippen LogP contribution is -2.28. The summed E-state index contributed by atoms with van der Waals surface area (Å²) in [5.74, 6) is 1.51. The molecule has 1 heterocycles. The van der Waals surface area contributed by atoms with Gasteiger partial charge in [0.05, 0.1) is 12.0 Å². The Labute approximate surface area is 207 Å². The molecular formula is C26H34ClNO6. The van der Waals surface area contributed by atoms with Crippen LogP contribution in [-0.2, 0) is 9.59 Å². The topological polar surface area (TPSA) is 97.4 Å². The molecule has 0 saturated heterocycles. The summed E-state index contributed by atoms with van der Waals surface area (Å²) in [6.45, 7) is 5.66. The van der Waals surface area contributed by atoms with Crippen LogP contribution in [0.1, 0.15) is 64.5 Å². The first kappa shape index (κ1) is 27.6. The molecule has 1 aliphatic carbocycles. The highest BCUT2D eigenvalue weighted by Crippen LogP contribution is 2.43. The Bertz CT molecular complexity index is 937. The van der Waals surface area contributed by atoms with Gasteiger partial charge in [0.1, 0.15) is 0 Å². The van der Waals surface area contributed by atoms with Gasteiger partial charge in [-0.15, -0.1) is 12.4 Å². The van der Waals surface area contributed by atoms with E-state index in [9.17, 15) is 14.7 Å². The van der Waals surface area contributed by atoms with E-state index in [1.165, 1.54) is 6.92 Å². The maximum atomic E-state index is 12.5. The van der Waals surface area contributed by atoms with Crippen LogP contribution in [0.15, 0.2) is 42.5 Å². The molecule has 0 radical (unpaired) electrons. The molecule has 1 fully saturated rings. The number of carbonyl (C=O) groups excluding carboxylic acids is 2. The number of carbonyl (C=O) groups is 2. The van der Waals surface area contributed by atoms with Gasteiger partial charge in [0.15, 0.2) is 23.0 Å². The number of benzene rings is 2. The van der Waals surface area contributed by atoms with Gasteiger partial charge in [0.25, 0.3) is 0 Å². The number of ether oxygens (including phenoxy) is 3. The van der Waals surface area contributed by atoms with Crippen molar-refractivity contribution in [1.29, 1.82) is 0 Å². The molecule has 1 aliphatic heterocycles. The van der Waals surface area contributed by atoms with E-state index in [2.05, 4.69) is 5.32 Å². The first-order valence-corrected chi connectivity index (χ1v) is 11.6. The van der Waals surface area contributed by atoms with Crippen LogP contribution in [0.2, 0.25) is 0 Å². The minimum Gasteiger partial charge on any atom is -0.450 e. The summed E-state index contributed by atoms with van der Waals surface area (Å²) in [7, 11) is 0. The van der Waals surface area contributed by atoms with Gasteiger partial charge in [-0.25, -0.2) is 0 Å². The third-order valence-corrected chi connectivity index (χ3v) is 5.50. The molecule has 7 nitrogen and oxygen atoms in total. The van der Waals surface area contributed by atoms with Crippen LogP contribution in [0.4, 0.5) is 0 Å². The Kier molecular flexibility index (Phi) is 10.8. The van der Waals surface area contributed by atoms with Gasteiger partial charge >= 0.3 is 11.9 Å². The number of aliphatic hydroxyl groups excluding tert-OH is 1. The number of esters is 2. The number of nitrogens with one attached hydrogen (secondary N) is 1. The number of aliphatic hydroxyl groups is 1. The Balaban J connectivity index is 0.000000428. The number of rotatable bonds is 7. The zero-order valence-corrected chi connectivity index (χ0v) is 20.7. The lowest BCUT2D eigenvalue weighted by Gasteiger charge is -2.21. The minimum atomic E-state index is -0.754. The Morgan fingerprint density at radius 2 is 1.68 bits per heavy atom. The van der Waals surface area contributed by atoms with E-state index in [1.54, 1.807) is 18.2 Å². The van der Waals surface area contributed by atoms with E-state index in [-0.39, 0.29) is 41.8 Å². The van der Waals surface area contributed by atoms with Crippen molar-refractivity contribution < 1.29 is 28.9 Å². The van der Waals surface area contributed by atoms with Crippen molar-refractivity contribution in [2.45, 2.75) is 65.0 Å². The van der Waals surface area contributed by atoms with Gasteiger partial charge in [-0.05, 0) is 42.7 Å². The predicted octanol–water partition coefficient (Wildman–Crippen LogP) is 5.34. The van der Waals surface area contributed by atoms with Crippen molar-refractivity contribution >= 4 is 24.3 Å². The third kappa shape index (κ3) is 8.63. The van der Waals surface area contributed by atoms with Crippen molar-refractivity contribution in [3.63, 3.8) is 0 Å². The highest BCUT2D eigenvalue weighted by molar-refractivity contribution is 5.85. The molecule has 0 amide bonds. The molecule has 0 bridgehead atoms. The van der Waals surface area contributed by atoms with Gasteiger partial charge < -0.3 is 24.6 Å². The summed E-state index contributed by atoms with van der Waals surface area (Å²) < 4.78 is 15.6. The highest BCUT2D eigenvalue weighted by atomic mass is 35.5. The summed E-state index contributed by atoms with van der Waals surface area (Å²) in [5.41, 5.74) is 0.598. The largest absolute Gasteiger partial charge is 0.450 e. The molecular weight excluding hydrogens is 458 g/mol. The highest BCUT2D eigenvalue weighted by Gasteiger charge is 2.25. The average molecular weight is 492 g/mol. The predicted molar refractivity (Wildman–Crippen MR) is 132 cm³/mol. The Morgan fingerprint density at radius 3 is 2.24 bits per heavy atom. The molecule has 186 valence electrons. The Hall–Kier alpha value is -2.61. The molecule has 34 heavy (non-hydrogen) atoms. The van der Waals surface area contributed by atoms with Crippen LogP contribution in [0.3, 0.4) is 0 Å². The smallest absolute Gasteiger partial charge is 0.314 e. The molecule has 2 aromatic carbocycles. The second kappa shape index (κ2) is 13.3. The number of fused-ring (bicyclic) bond motifs is 1. The van der Waals surface area contributed by atoms with E-state index in [0.29, 0.717) is 12.1 Å². The summed E-state index contributed by atoms with van der Waals surface area (Å²) >= 11 is 0. The first-order valence-electron chi connectivity index (χ1n) is 11.6. The van der Waals surface area contributed by atoms with E-state index >= 15 is 0 Å². The third-order valence-electron chi connectivity index (χ3n) is 5.50. The standard InChI is InChI=1S/C20H29NO5.C6H4O.ClH/c1-13(2)21-12-17(23)16-9-10-18(25-14(3)22)19(11-16)26-20(24)15-7-5-4-6-8-15;1-2-4-6-5(3-1)7-6;/h9-11,13,15,17,21,23H,4-8,12H2,1-3H3;1-4H;1H. The fourth-order valence-corrected chi connectivity index (χ4v) is 3.66. The van der Waals surface area contributed by atoms with Crippen LogP contribution in [0.25, 0.3) is 0 Å². The van der Waals surface area contributed by atoms with Crippen molar-refractivity contribution in [2.24, 2.45) is 5.92 Å². The van der Waals surface area contributed by atoms with E-state index in [4.69, 9.17) is 14.2 Å². The molecule has 0 spiro atoms. The van der Waals surface area contributed by atoms with Gasteiger partial charge in [0.2, 0.25) is 0 Å². The van der Waals surface area contributed by atoms with Crippen molar-refractivity contribution in [3.8, 4) is 23.0 Å². The fourth-order valence-electron chi connectivity index (χ4n) is 3.66. The molecule has 2 N–H and O–H groups in total. The summed E-state index contributed by atoms with van der Waals surface area (Å²) in [5, 5.41) is 13.5. The zero-order chi connectivity index (χ0) is 23.8. The van der Waals surface area contributed by atoms with E-state index < -0.39 is 12.1 Å². The normalized spacial score (nSPS) is 15.0. The van der Waals surface area contributed by atoms with Gasteiger partial charge in [-0.3, -0.25) is 9.59 Å². The zero-order valence-electron chi connectivity index (χ0n) is 19.9. The molecule has 2 aliphatic rings. The fraction of sp³-hybridized carbons (Fsp3) is 0.462. The Morgan fingerprint density at radius 1 is 1.03 bits per heavy atom. The van der Waals surface area contributed by atoms with Crippen molar-refractivity contribution in [2.75, 3.05) is 6.54 Å². The van der Waals surface area contributed by atoms with Crippen molar-refractivity contribution in [1.82, 2.24) is 5.32 Å². The average Bonchev–Trinajstić information content (AvgIpc) is 3.59. The first-order chi connectivity index (χ1) is 15.8. The van der Waals surface area contributed by atoms with Crippen LogP contribution in [-0.4, -0.2) is 29.6 Å². The lowest BCUT2D eigenvalue weighted by molar-refractivity contribution is -0.140. The minimum absolute atomic E-state index is 0. The molecule has 0 aromatic heterocycles. The summed E-state index contributed by atoms with van der Waals surface area (Å²) in [6, 6.07) is 12.9. The van der Waals surface area contributed by atoms with Crippen LogP contribution < -0.4 is 19.5 Å². The molecule has 8 heteroatoms. The lowest BCUT2D eigenvalue weighted by atomic mass is 9.89. The summed E-state index contributed by atoms with van der Waals surface area (Å²) in [6.07, 6.45) is 4.08. The molecule has 1 unspecified atom stereocenters. The van der Waals surface area contributed by atoms with Crippen molar-refractivity contribution in [3.05, 3.63) is 48.0 Å².